The van der Waals surface area contributed by atoms with Gasteiger partial charge in [0.05, 0.1) is 12.1 Å². The highest BCUT2D eigenvalue weighted by atomic mass is 35.5. The van der Waals surface area contributed by atoms with E-state index in [9.17, 15) is 0 Å². The summed E-state index contributed by atoms with van der Waals surface area (Å²) in [5.74, 6) is 1.09. The first-order valence-corrected chi connectivity index (χ1v) is 5.48. The molecule has 0 atom stereocenters. The molecule has 0 amide bonds. The van der Waals surface area contributed by atoms with Gasteiger partial charge in [-0.05, 0) is 13.8 Å². The molecule has 16 heavy (non-hydrogen) atoms. The standard InChI is InChI=1S/C10H17ClN4O/c1-4-6-13-8(11)7(12)9(14-6)15-10(2,3)5-16/h16H,4-5,12H2,1-3H3,(H,13,14,15). The van der Waals surface area contributed by atoms with E-state index in [1.165, 1.54) is 0 Å². The Kier molecular flexibility index (Phi) is 3.93. The van der Waals surface area contributed by atoms with E-state index >= 15 is 0 Å². The summed E-state index contributed by atoms with van der Waals surface area (Å²) < 4.78 is 0. The number of aliphatic hydroxyl groups is 1. The average molecular weight is 245 g/mol. The lowest BCUT2D eigenvalue weighted by atomic mass is 10.1. The molecule has 0 aromatic carbocycles. The van der Waals surface area contributed by atoms with Crippen molar-refractivity contribution in [2.75, 3.05) is 17.7 Å². The van der Waals surface area contributed by atoms with Crippen LogP contribution in [0.3, 0.4) is 0 Å². The lowest BCUT2D eigenvalue weighted by molar-refractivity contribution is 0.234. The van der Waals surface area contributed by atoms with Gasteiger partial charge in [0.25, 0.3) is 0 Å². The molecule has 1 aromatic rings. The quantitative estimate of drug-likeness (QED) is 0.699. The summed E-state index contributed by atoms with van der Waals surface area (Å²) >= 11 is 5.89. The molecule has 1 aromatic heterocycles. The number of halogens is 1. The van der Waals surface area contributed by atoms with Gasteiger partial charge in [0, 0.05) is 6.42 Å². The summed E-state index contributed by atoms with van der Waals surface area (Å²) in [6.07, 6.45) is 0.675. The zero-order chi connectivity index (χ0) is 12.3. The maximum atomic E-state index is 9.16. The second-order valence-electron chi connectivity index (χ2n) is 4.21. The summed E-state index contributed by atoms with van der Waals surface area (Å²) in [5, 5.41) is 12.4. The van der Waals surface area contributed by atoms with Gasteiger partial charge in [-0.1, -0.05) is 18.5 Å². The second kappa shape index (κ2) is 4.84. The fourth-order valence-corrected chi connectivity index (χ4v) is 1.29. The highest BCUT2D eigenvalue weighted by molar-refractivity contribution is 6.32. The number of rotatable bonds is 4. The third-order valence-corrected chi connectivity index (χ3v) is 2.40. The molecule has 0 aliphatic heterocycles. The van der Waals surface area contributed by atoms with E-state index in [1.807, 2.05) is 20.8 Å². The number of nitrogen functional groups attached to an aromatic ring is 1. The maximum absolute atomic E-state index is 9.16. The van der Waals surface area contributed by atoms with Gasteiger partial charge in [-0.3, -0.25) is 0 Å². The van der Waals surface area contributed by atoms with Crippen molar-refractivity contribution in [2.24, 2.45) is 0 Å². The molecule has 5 nitrogen and oxygen atoms in total. The largest absolute Gasteiger partial charge is 0.394 e. The maximum Gasteiger partial charge on any atom is 0.157 e. The molecule has 1 heterocycles. The third kappa shape index (κ3) is 2.96. The smallest absolute Gasteiger partial charge is 0.157 e. The predicted octanol–water partition coefficient (Wildman–Crippen LogP) is 1.46. The summed E-state index contributed by atoms with van der Waals surface area (Å²) in [7, 11) is 0. The van der Waals surface area contributed by atoms with E-state index in [4.69, 9.17) is 22.4 Å². The Balaban J connectivity index is 3.08. The highest BCUT2D eigenvalue weighted by Gasteiger charge is 2.19. The molecule has 0 saturated carbocycles. The van der Waals surface area contributed by atoms with Gasteiger partial charge >= 0.3 is 0 Å². The first kappa shape index (κ1) is 13.0. The zero-order valence-electron chi connectivity index (χ0n) is 9.71. The monoisotopic (exact) mass is 244 g/mol. The SMILES string of the molecule is CCc1nc(Cl)c(N)c(NC(C)(C)CO)n1. The molecule has 0 radical (unpaired) electrons. The van der Waals surface area contributed by atoms with Crippen molar-refractivity contribution >= 4 is 23.1 Å². The molecule has 0 spiro atoms. The molecule has 1 rings (SSSR count). The van der Waals surface area contributed by atoms with E-state index in [0.29, 0.717) is 23.8 Å². The minimum atomic E-state index is -0.503. The number of aromatic nitrogens is 2. The first-order valence-electron chi connectivity index (χ1n) is 5.10. The lowest BCUT2D eigenvalue weighted by Gasteiger charge is -2.25. The van der Waals surface area contributed by atoms with Gasteiger partial charge < -0.3 is 16.2 Å². The van der Waals surface area contributed by atoms with Gasteiger partial charge in [0.15, 0.2) is 11.0 Å². The molecule has 0 bridgehead atoms. The highest BCUT2D eigenvalue weighted by Crippen LogP contribution is 2.26. The van der Waals surface area contributed by atoms with Crippen LogP contribution in [-0.4, -0.2) is 27.2 Å². The van der Waals surface area contributed by atoms with Gasteiger partial charge in [0.2, 0.25) is 0 Å². The molecule has 0 saturated heterocycles. The number of hydrogen-bond acceptors (Lipinski definition) is 5. The van der Waals surface area contributed by atoms with Crippen molar-refractivity contribution in [3.8, 4) is 0 Å². The van der Waals surface area contributed by atoms with Crippen LogP contribution in [0.25, 0.3) is 0 Å². The Morgan fingerprint density at radius 2 is 2.06 bits per heavy atom. The zero-order valence-corrected chi connectivity index (χ0v) is 10.5. The van der Waals surface area contributed by atoms with Crippen LogP contribution >= 0.6 is 11.6 Å². The number of anilines is 2. The van der Waals surface area contributed by atoms with Crippen molar-refractivity contribution < 1.29 is 5.11 Å². The lowest BCUT2D eigenvalue weighted by Crippen LogP contribution is -2.35. The van der Waals surface area contributed by atoms with E-state index in [1.54, 1.807) is 0 Å². The molecule has 6 heteroatoms. The van der Waals surface area contributed by atoms with Gasteiger partial charge in [-0.25, -0.2) is 9.97 Å². The Morgan fingerprint density at radius 1 is 1.44 bits per heavy atom. The van der Waals surface area contributed by atoms with E-state index in [-0.39, 0.29) is 11.8 Å². The summed E-state index contributed by atoms with van der Waals surface area (Å²) in [4.78, 5) is 8.28. The Labute approximate surface area is 100 Å². The van der Waals surface area contributed by atoms with Gasteiger partial charge in [0.1, 0.15) is 11.5 Å². The number of nitrogens with two attached hydrogens (primary N) is 1. The number of hydrogen-bond donors (Lipinski definition) is 3. The number of nitrogens with one attached hydrogen (secondary N) is 1. The van der Waals surface area contributed by atoms with Crippen molar-refractivity contribution in [2.45, 2.75) is 32.7 Å². The fourth-order valence-electron chi connectivity index (χ4n) is 1.10. The van der Waals surface area contributed by atoms with Crippen LogP contribution in [0.15, 0.2) is 0 Å². The normalized spacial score (nSPS) is 11.6. The van der Waals surface area contributed by atoms with Crippen LogP contribution in [-0.2, 0) is 6.42 Å². The van der Waals surface area contributed by atoms with E-state index in [0.717, 1.165) is 0 Å². The number of aliphatic hydroxyl groups excluding tert-OH is 1. The second-order valence-corrected chi connectivity index (χ2v) is 4.57. The van der Waals surface area contributed by atoms with Crippen LogP contribution in [0, 0.1) is 0 Å². The van der Waals surface area contributed by atoms with Crippen molar-refractivity contribution in [1.29, 1.82) is 0 Å². The number of aryl methyl sites for hydroxylation is 1. The number of nitrogens with zero attached hydrogens (tertiary/aromatic N) is 2. The predicted molar refractivity (Wildman–Crippen MR) is 65.6 cm³/mol. The Bertz CT molecular complexity index is 381. The molecule has 0 unspecified atom stereocenters. The van der Waals surface area contributed by atoms with Crippen LogP contribution < -0.4 is 11.1 Å². The Morgan fingerprint density at radius 3 is 2.56 bits per heavy atom. The van der Waals surface area contributed by atoms with Crippen LogP contribution in [0.5, 0.6) is 0 Å². The fraction of sp³-hybridized carbons (Fsp3) is 0.600. The van der Waals surface area contributed by atoms with E-state index in [2.05, 4.69) is 15.3 Å². The van der Waals surface area contributed by atoms with Crippen molar-refractivity contribution in [3.05, 3.63) is 11.0 Å². The molecule has 0 fully saturated rings. The average Bonchev–Trinajstić information content (AvgIpc) is 2.24. The summed E-state index contributed by atoms with van der Waals surface area (Å²) in [6, 6.07) is 0. The molecule has 90 valence electrons. The van der Waals surface area contributed by atoms with Crippen LogP contribution in [0.1, 0.15) is 26.6 Å². The first-order chi connectivity index (χ1) is 7.39. The van der Waals surface area contributed by atoms with Gasteiger partial charge in [-0.2, -0.15) is 0 Å². The molecule has 0 aliphatic rings. The topological polar surface area (TPSA) is 84.1 Å². The molecular weight excluding hydrogens is 228 g/mol. The van der Waals surface area contributed by atoms with Crippen molar-refractivity contribution in [3.63, 3.8) is 0 Å². The molecule has 4 N–H and O–H groups in total. The van der Waals surface area contributed by atoms with E-state index < -0.39 is 5.54 Å². The van der Waals surface area contributed by atoms with Crippen LogP contribution in [0.2, 0.25) is 5.15 Å². The minimum absolute atomic E-state index is 0.0322. The van der Waals surface area contributed by atoms with Crippen molar-refractivity contribution in [1.82, 2.24) is 9.97 Å². The Hall–Kier alpha value is -1.07. The summed E-state index contributed by atoms with van der Waals surface area (Å²) in [6.45, 7) is 5.58. The third-order valence-electron chi connectivity index (χ3n) is 2.11. The minimum Gasteiger partial charge on any atom is -0.394 e. The van der Waals surface area contributed by atoms with Crippen LogP contribution in [0.4, 0.5) is 11.5 Å². The summed E-state index contributed by atoms with van der Waals surface area (Å²) in [5.41, 5.74) is 5.57. The van der Waals surface area contributed by atoms with Gasteiger partial charge in [-0.15, -0.1) is 0 Å². The molecular formula is C10H17ClN4O. The molecule has 0 aliphatic carbocycles.